The summed E-state index contributed by atoms with van der Waals surface area (Å²) >= 11 is 5.09. The Kier molecular flexibility index (Phi) is 3.76. The summed E-state index contributed by atoms with van der Waals surface area (Å²) in [6.45, 7) is 3.93. The molecule has 6 heteroatoms. The van der Waals surface area contributed by atoms with Crippen molar-refractivity contribution in [1.29, 1.82) is 0 Å². The molecule has 2 heterocycles. The number of nitrogens with one attached hydrogen (secondary N) is 1. The predicted molar refractivity (Wildman–Crippen MR) is 74.7 cm³/mol. The summed E-state index contributed by atoms with van der Waals surface area (Å²) in [5.74, 6) is 0.848. The first-order valence-electron chi connectivity index (χ1n) is 5.86. The zero-order valence-corrected chi connectivity index (χ0v) is 11.1. The van der Waals surface area contributed by atoms with Crippen LogP contribution in [-0.4, -0.2) is 35.5 Å². The molecule has 0 saturated carbocycles. The van der Waals surface area contributed by atoms with Crippen molar-refractivity contribution in [3.05, 3.63) is 23.4 Å². The fraction of sp³-hybridized carbons (Fsp3) is 0.417. The topological polar surface area (TPSA) is 71.2 Å². The number of aryl methyl sites for hydroxylation is 1. The van der Waals surface area contributed by atoms with Crippen LogP contribution in [0.3, 0.4) is 0 Å². The quantitative estimate of drug-likeness (QED) is 0.754. The molecule has 0 radical (unpaired) electrons. The maximum atomic E-state index is 11.3. The van der Waals surface area contributed by atoms with Gasteiger partial charge in [0.05, 0.1) is 5.56 Å². The van der Waals surface area contributed by atoms with Gasteiger partial charge in [-0.15, -0.1) is 0 Å². The third kappa shape index (κ3) is 2.59. The molecule has 0 spiro atoms. The predicted octanol–water partition coefficient (Wildman–Crippen LogP) is 0.351. The van der Waals surface area contributed by atoms with Crippen molar-refractivity contribution in [1.82, 2.24) is 10.3 Å². The van der Waals surface area contributed by atoms with E-state index in [0.29, 0.717) is 24.5 Å². The van der Waals surface area contributed by atoms with Gasteiger partial charge < -0.3 is 16.0 Å². The molecule has 0 aliphatic carbocycles. The van der Waals surface area contributed by atoms with Crippen LogP contribution in [0.2, 0.25) is 0 Å². The third-order valence-electron chi connectivity index (χ3n) is 3.00. The summed E-state index contributed by atoms with van der Waals surface area (Å²) in [6, 6.07) is 1.89. The number of thiocarbonyl (C=S) groups is 1. The van der Waals surface area contributed by atoms with Crippen molar-refractivity contribution in [3.8, 4) is 0 Å². The number of rotatable bonds is 2. The lowest BCUT2D eigenvalue weighted by Crippen LogP contribution is -2.31. The minimum absolute atomic E-state index is 0.0713. The second-order valence-corrected chi connectivity index (χ2v) is 4.72. The van der Waals surface area contributed by atoms with Gasteiger partial charge >= 0.3 is 0 Å². The highest BCUT2D eigenvalue weighted by atomic mass is 32.1. The van der Waals surface area contributed by atoms with Crippen LogP contribution in [-0.2, 0) is 4.79 Å². The minimum Gasteiger partial charge on any atom is -0.389 e. The summed E-state index contributed by atoms with van der Waals surface area (Å²) in [5.41, 5.74) is 7.59. The maximum absolute atomic E-state index is 11.3. The number of carbonyl (C=O) groups is 1. The summed E-state index contributed by atoms with van der Waals surface area (Å²) in [4.78, 5) is 18.1. The van der Waals surface area contributed by atoms with E-state index in [1.165, 1.54) is 0 Å². The molecule has 1 aliphatic rings. The molecule has 0 aromatic carbocycles. The second-order valence-electron chi connectivity index (χ2n) is 4.28. The number of hydrogen-bond acceptors (Lipinski definition) is 4. The molecular formula is C12H16N4OS. The Morgan fingerprint density at radius 2 is 2.33 bits per heavy atom. The van der Waals surface area contributed by atoms with Gasteiger partial charge in [-0.1, -0.05) is 12.2 Å². The Morgan fingerprint density at radius 1 is 1.56 bits per heavy atom. The van der Waals surface area contributed by atoms with E-state index in [1.807, 2.05) is 13.0 Å². The van der Waals surface area contributed by atoms with Crippen LogP contribution in [0.1, 0.15) is 17.5 Å². The molecule has 3 N–H and O–H groups in total. The molecule has 18 heavy (non-hydrogen) atoms. The molecule has 1 aromatic heterocycles. The van der Waals surface area contributed by atoms with Crippen molar-refractivity contribution in [3.63, 3.8) is 0 Å². The number of anilines is 1. The first-order valence-corrected chi connectivity index (χ1v) is 6.27. The lowest BCUT2D eigenvalue weighted by Gasteiger charge is -2.23. The zero-order chi connectivity index (χ0) is 13.1. The van der Waals surface area contributed by atoms with Crippen molar-refractivity contribution in [2.45, 2.75) is 13.3 Å². The maximum Gasteiger partial charge on any atom is 0.221 e. The highest BCUT2D eigenvalue weighted by Gasteiger charge is 2.19. The average molecular weight is 264 g/mol. The zero-order valence-electron chi connectivity index (χ0n) is 10.3. The molecule has 1 fully saturated rings. The van der Waals surface area contributed by atoms with Crippen LogP contribution < -0.4 is 16.0 Å². The average Bonchev–Trinajstić information content (AvgIpc) is 2.53. The normalized spacial score (nSPS) is 16.1. The highest BCUT2D eigenvalue weighted by molar-refractivity contribution is 7.80. The third-order valence-corrected chi connectivity index (χ3v) is 3.20. The Hall–Kier alpha value is -1.69. The number of carbonyl (C=O) groups excluding carboxylic acids is 1. The van der Waals surface area contributed by atoms with Gasteiger partial charge in [0.25, 0.3) is 0 Å². The number of nitrogens with zero attached hydrogens (tertiary/aromatic N) is 2. The molecule has 1 aromatic rings. The van der Waals surface area contributed by atoms with Gasteiger partial charge in [0.1, 0.15) is 10.8 Å². The van der Waals surface area contributed by atoms with Crippen LogP contribution in [0.4, 0.5) is 5.82 Å². The monoisotopic (exact) mass is 264 g/mol. The van der Waals surface area contributed by atoms with Crippen molar-refractivity contribution in [2.75, 3.05) is 24.5 Å². The number of nitrogens with two attached hydrogens (primary N) is 1. The SMILES string of the molecule is Cc1ccnc(N2CCNC(=O)CC2)c1C(N)=S. The minimum atomic E-state index is 0.0713. The standard InChI is InChI=1S/C12H16N4OS/c1-8-2-4-15-12(10(8)11(13)18)16-6-3-9(17)14-5-7-16/h2,4H,3,5-7H2,1H3,(H2,13,18)(H,14,17). The van der Waals surface area contributed by atoms with Gasteiger partial charge in [-0.2, -0.15) is 0 Å². The van der Waals surface area contributed by atoms with E-state index in [-0.39, 0.29) is 5.91 Å². The summed E-state index contributed by atoms with van der Waals surface area (Å²) in [6.07, 6.45) is 2.21. The van der Waals surface area contributed by atoms with Gasteiger partial charge in [0.2, 0.25) is 5.91 Å². The van der Waals surface area contributed by atoms with E-state index in [9.17, 15) is 4.79 Å². The molecule has 1 amide bonds. The van der Waals surface area contributed by atoms with Crippen LogP contribution in [0.25, 0.3) is 0 Å². The van der Waals surface area contributed by atoms with Gasteiger partial charge in [-0.3, -0.25) is 4.79 Å². The Bertz CT molecular complexity index is 489. The molecule has 0 bridgehead atoms. The summed E-state index contributed by atoms with van der Waals surface area (Å²) in [5, 5.41) is 2.84. The molecule has 0 unspecified atom stereocenters. The molecule has 5 nitrogen and oxygen atoms in total. The van der Waals surface area contributed by atoms with E-state index in [0.717, 1.165) is 23.5 Å². The molecule has 1 aliphatic heterocycles. The fourth-order valence-corrected chi connectivity index (χ4v) is 2.32. The van der Waals surface area contributed by atoms with Gasteiger partial charge in [-0.25, -0.2) is 4.98 Å². The van der Waals surface area contributed by atoms with Crippen LogP contribution in [0.5, 0.6) is 0 Å². The fourth-order valence-electron chi connectivity index (χ4n) is 2.07. The van der Waals surface area contributed by atoms with E-state index < -0.39 is 0 Å². The number of hydrogen-bond donors (Lipinski definition) is 2. The van der Waals surface area contributed by atoms with Crippen molar-refractivity contribution >= 4 is 28.9 Å². The molecule has 96 valence electrons. The lowest BCUT2D eigenvalue weighted by atomic mass is 10.1. The number of pyridine rings is 1. The summed E-state index contributed by atoms with van der Waals surface area (Å²) in [7, 11) is 0. The smallest absolute Gasteiger partial charge is 0.221 e. The second kappa shape index (κ2) is 5.30. The molecule has 2 rings (SSSR count). The van der Waals surface area contributed by atoms with Crippen LogP contribution in [0.15, 0.2) is 12.3 Å². The molecular weight excluding hydrogens is 248 g/mol. The highest BCUT2D eigenvalue weighted by Crippen LogP contribution is 2.21. The van der Waals surface area contributed by atoms with Gasteiger partial charge in [0.15, 0.2) is 0 Å². The first kappa shape index (κ1) is 12.8. The van der Waals surface area contributed by atoms with E-state index in [1.54, 1.807) is 6.20 Å². The van der Waals surface area contributed by atoms with Crippen molar-refractivity contribution < 1.29 is 4.79 Å². The Morgan fingerprint density at radius 3 is 3.06 bits per heavy atom. The Balaban J connectivity index is 2.35. The van der Waals surface area contributed by atoms with Crippen molar-refractivity contribution in [2.24, 2.45) is 5.73 Å². The van der Waals surface area contributed by atoms with Gasteiger partial charge in [0, 0.05) is 32.3 Å². The summed E-state index contributed by atoms with van der Waals surface area (Å²) < 4.78 is 0. The molecule has 1 saturated heterocycles. The first-order chi connectivity index (χ1) is 8.59. The molecule has 0 atom stereocenters. The number of aromatic nitrogens is 1. The largest absolute Gasteiger partial charge is 0.389 e. The van der Waals surface area contributed by atoms with E-state index >= 15 is 0 Å². The van der Waals surface area contributed by atoms with Gasteiger partial charge in [-0.05, 0) is 18.6 Å². The van der Waals surface area contributed by atoms with E-state index in [4.69, 9.17) is 18.0 Å². The number of amides is 1. The van der Waals surface area contributed by atoms with Crippen LogP contribution in [0, 0.1) is 6.92 Å². The lowest BCUT2D eigenvalue weighted by molar-refractivity contribution is -0.120. The Labute approximate surface area is 111 Å². The van der Waals surface area contributed by atoms with E-state index in [2.05, 4.69) is 15.2 Å². The van der Waals surface area contributed by atoms with Crippen LogP contribution >= 0.6 is 12.2 Å².